The first-order chi connectivity index (χ1) is 12.7. The van der Waals surface area contributed by atoms with Gasteiger partial charge in [0.05, 0.1) is 16.1 Å². The topological polar surface area (TPSA) is 62.7 Å². The van der Waals surface area contributed by atoms with Gasteiger partial charge in [-0.3, -0.25) is 9.69 Å². The number of hydrogen-bond acceptors (Lipinski definition) is 5. The molecule has 0 aliphatic carbocycles. The maximum Gasteiger partial charge on any atom is 0.307 e. The molecule has 6 heteroatoms. The van der Waals surface area contributed by atoms with Gasteiger partial charge >= 0.3 is 5.97 Å². The SMILES string of the molecule is O=C(O)C1CCCN(Cc2ccc(Oc3nc4ccccc4s3)cc2)C1. The number of rotatable bonds is 5. The summed E-state index contributed by atoms with van der Waals surface area (Å²) in [5.41, 5.74) is 2.11. The smallest absolute Gasteiger partial charge is 0.307 e. The zero-order chi connectivity index (χ0) is 17.9. The minimum Gasteiger partial charge on any atom is -0.481 e. The van der Waals surface area contributed by atoms with Crippen LogP contribution in [-0.2, 0) is 11.3 Å². The summed E-state index contributed by atoms with van der Waals surface area (Å²) in [7, 11) is 0. The number of ether oxygens (including phenoxy) is 1. The number of para-hydroxylation sites is 1. The number of nitrogens with zero attached hydrogens (tertiary/aromatic N) is 2. The molecule has 0 amide bonds. The zero-order valence-corrected chi connectivity index (χ0v) is 15.1. The number of aliphatic carboxylic acids is 1. The number of carboxylic acid groups (broad SMARTS) is 1. The summed E-state index contributed by atoms with van der Waals surface area (Å²) in [4.78, 5) is 17.9. The van der Waals surface area contributed by atoms with E-state index in [0.717, 1.165) is 47.5 Å². The third kappa shape index (κ3) is 3.86. The Morgan fingerprint density at radius 1 is 1.23 bits per heavy atom. The molecule has 0 spiro atoms. The van der Waals surface area contributed by atoms with Gasteiger partial charge in [-0.05, 0) is 49.2 Å². The molecule has 0 saturated carbocycles. The molecular formula is C20H20N2O3S. The molecule has 1 aromatic heterocycles. The number of carbonyl (C=O) groups is 1. The van der Waals surface area contributed by atoms with Gasteiger partial charge < -0.3 is 9.84 Å². The summed E-state index contributed by atoms with van der Waals surface area (Å²) in [6, 6.07) is 15.9. The molecule has 1 atom stereocenters. The van der Waals surface area contributed by atoms with Gasteiger partial charge in [0, 0.05) is 13.1 Å². The molecule has 1 unspecified atom stereocenters. The highest BCUT2D eigenvalue weighted by Crippen LogP contribution is 2.31. The Labute approximate surface area is 155 Å². The standard InChI is InChI=1S/C20H20N2O3S/c23-19(24)15-4-3-11-22(13-15)12-14-7-9-16(10-8-14)25-20-21-17-5-1-2-6-18(17)26-20/h1-2,5-10,15H,3-4,11-13H2,(H,23,24). The van der Waals surface area contributed by atoms with E-state index in [4.69, 9.17) is 4.74 Å². The average Bonchev–Trinajstić information content (AvgIpc) is 3.06. The third-order valence-electron chi connectivity index (χ3n) is 4.66. The lowest BCUT2D eigenvalue weighted by Gasteiger charge is -2.30. The molecule has 0 bridgehead atoms. The van der Waals surface area contributed by atoms with Crippen LogP contribution in [0.25, 0.3) is 10.2 Å². The quantitative estimate of drug-likeness (QED) is 0.724. The Bertz CT molecular complexity index is 874. The molecule has 2 aromatic carbocycles. The van der Waals surface area contributed by atoms with Crippen molar-refractivity contribution in [2.45, 2.75) is 19.4 Å². The fourth-order valence-corrected chi connectivity index (χ4v) is 4.15. The van der Waals surface area contributed by atoms with Crippen LogP contribution in [0.3, 0.4) is 0 Å². The summed E-state index contributed by atoms with van der Waals surface area (Å²) in [6.45, 7) is 2.35. The number of thiazole rings is 1. The van der Waals surface area contributed by atoms with Crippen molar-refractivity contribution in [3.05, 3.63) is 54.1 Å². The number of fused-ring (bicyclic) bond motifs is 1. The Kier molecular flexibility index (Phi) is 4.86. The van der Waals surface area contributed by atoms with Gasteiger partial charge in [-0.2, -0.15) is 0 Å². The van der Waals surface area contributed by atoms with Crippen LogP contribution in [0, 0.1) is 5.92 Å². The van der Waals surface area contributed by atoms with Crippen molar-refractivity contribution in [3.63, 3.8) is 0 Å². The maximum atomic E-state index is 11.2. The predicted molar refractivity (Wildman–Crippen MR) is 102 cm³/mol. The van der Waals surface area contributed by atoms with Crippen molar-refractivity contribution in [1.82, 2.24) is 9.88 Å². The van der Waals surface area contributed by atoms with E-state index in [1.165, 1.54) is 11.3 Å². The monoisotopic (exact) mass is 368 g/mol. The highest BCUT2D eigenvalue weighted by Gasteiger charge is 2.25. The molecule has 1 saturated heterocycles. The van der Waals surface area contributed by atoms with Crippen molar-refractivity contribution in [2.75, 3.05) is 13.1 Å². The molecule has 1 N–H and O–H groups in total. The first-order valence-corrected chi connectivity index (χ1v) is 9.56. The molecule has 5 nitrogen and oxygen atoms in total. The van der Waals surface area contributed by atoms with Crippen LogP contribution in [0.1, 0.15) is 18.4 Å². The summed E-state index contributed by atoms with van der Waals surface area (Å²) < 4.78 is 6.98. The lowest BCUT2D eigenvalue weighted by Crippen LogP contribution is -2.38. The van der Waals surface area contributed by atoms with Gasteiger partial charge in [-0.1, -0.05) is 35.6 Å². The second-order valence-electron chi connectivity index (χ2n) is 6.61. The molecule has 134 valence electrons. The first-order valence-electron chi connectivity index (χ1n) is 8.75. The largest absolute Gasteiger partial charge is 0.481 e. The van der Waals surface area contributed by atoms with Crippen LogP contribution in [-0.4, -0.2) is 34.0 Å². The lowest BCUT2D eigenvalue weighted by atomic mass is 9.98. The molecule has 3 aromatic rings. The molecule has 26 heavy (non-hydrogen) atoms. The Hall–Kier alpha value is -2.44. The first kappa shape index (κ1) is 17.0. The van der Waals surface area contributed by atoms with Crippen molar-refractivity contribution in [3.8, 4) is 10.9 Å². The lowest BCUT2D eigenvalue weighted by molar-refractivity contribution is -0.143. The Morgan fingerprint density at radius 2 is 2.04 bits per heavy atom. The van der Waals surface area contributed by atoms with Gasteiger partial charge in [0.25, 0.3) is 5.19 Å². The normalized spacial score (nSPS) is 18.1. The number of aromatic nitrogens is 1. The maximum absolute atomic E-state index is 11.2. The van der Waals surface area contributed by atoms with Crippen molar-refractivity contribution in [1.29, 1.82) is 0 Å². The molecule has 4 rings (SSSR count). The van der Waals surface area contributed by atoms with E-state index in [9.17, 15) is 9.90 Å². The minimum atomic E-state index is -0.686. The van der Waals surface area contributed by atoms with Crippen LogP contribution in [0.4, 0.5) is 0 Å². The van der Waals surface area contributed by atoms with Crippen LogP contribution in [0.5, 0.6) is 10.9 Å². The molecule has 1 aliphatic heterocycles. The highest BCUT2D eigenvalue weighted by atomic mass is 32.1. The van der Waals surface area contributed by atoms with Crippen LogP contribution in [0.2, 0.25) is 0 Å². The fraction of sp³-hybridized carbons (Fsp3) is 0.300. The van der Waals surface area contributed by atoms with Gasteiger partial charge in [0.2, 0.25) is 0 Å². The summed E-state index contributed by atoms with van der Waals surface area (Å²) in [5, 5.41) is 9.84. The fourth-order valence-electron chi connectivity index (χ4n) is 3.32. The van der Waals surface area contributed by atoms with E-state index in [0.29, 0.717) is 11.7 Å². The molecule has 0 radical (unpaired) electrons. The Morgan fingerprint density at radius 3 is 2.81 bits per heavy atom. The summed E-state index contributed by atoms with van der Waals surface area (Å²) >= 11 is 1.53. The van der Waals surface area contributed by atoms with Crippen LogP contribution < -0.4 is 4.74 Å². The second kappa shape index (κ2) is 7.43. The summed E-state index contributed by atoms with van der Waals surface area (Å²) in [5.74, 6) is -0.172. The summed E-state index contributed by atoms with van der Waals surface area (Å²) in [6.07, 6.45) is 1.72. The number of benzene rings is 2. The predicted octanol–water partition coefficient (Wildman–Crippen LogP) is 4.39. The van der Waals surface area contributed by atoms with Crippen molar-refractivity contribution < 1.29 is 14.6 Å². The molecule has 1 aliphatic rings. The number of hydrogen-bond donors (Lipinski definition) is 1. The van der Waals surface area contributed by atoms with E-state index in [2.05, 4.69) is 9.88 Å². The van der Waals surface area contributed by atoms with E-state index in [1.807, 2.05) is 48.5 Å². The number of carboxylic acids is 1. The Balaban J connectivity index is 1.39. The van der Waals surface area contributed by atoms with Crippen LogP contribution in [0.15, 0.2) is 48.5 Å². The number of likely N-dealkylation sites (tertiary alicyclic amines) is 1. The molecule has 2 heterocycles. The van der Waals surface area contributed by atoms with Crippen LogP contribution >= 0.6 is 11.3 Å². The van der Waals surface area contributed by atoms with Gasteiger partial charge in [0.1, 0.15) is 5.75 Å². The van der Waals surface area contributed by atoms with Gasteiger partial charge in [-0.15, -0.1) is 0 Å². The molecular weight excluding hydrogens is 348 g/mol. The average molecular weight is 368 g/mol. The second-order valence-corrected chi connectivity index (χ2v) is 7.60. The van der Waals surface area contributed by atoms with E-state index < -0.39 is 5.97 Å². The van der Waals surface area contributed by atoms with Gasteiger partial charge in [0.15, 0.2) is 0 Å². The van der Waals surface area contributed by atoms with Gasteiger partial charge in [-0.25, -0.2) is 4.98 Å². The minimum absolute atomic E-state index is 0.245. The third-order valence-corrected chi connectivity index (χ3v) is 5.58. The van der Waals surface area contributed by atoms with E-state index in [-0.39, 0.29) is 5.92 Å². The van der Waals surface area contributed by atoms with Crippen molar-refractivity contribution in [2.24, 2.45) is 5.92 Å². The zero-order valence-electron chi connectivity index (χ0n) is 14.3. The van der Waals surface area contributed by atoms with E-state index in [1.54, 1.807) is 0 Å². The highest BCUT2D eigenvalue weighted by molar-refractivity contribution is 7.20. The van der Waals surface area contributed by atoms with Crippen molar-refractivity contribution >= 4 is 27.5 Å². The molecule has 1 fully saturated rings. The number of piperidine rings is 1. The van der Waals surface area contributed by atoms with E-state index >= 15 is 0 Å².